The molecule has 0 bridgehead atoms. The second-order valence-electron chi connectivity index (χ2n) is 3.83. The fourth-order valence-corrected chi connectivity index (χ4v) is 1.83. The number of nitrogens with one attached hydrogen (secondary N) is 1. The summed E-state index contributed by atoms with van der Waals surface area (Å²) in [7, 11) is 0. The highest BCUT2D eigenvalue weighted by molar-refractivity contribution is 6.34. The molecule has 1 heterocycles. The van der Waals surface area contributed by atoms with Crippen molar-refractivity contribution in [1.29, 1.82) is 0 Å². The summed E-state index contributed by atoms with van der Waals surface area (Å²) in [6, 6.07) is 9.66. The third-order valence-electron chi connectivity index (χ3n) is 2.48. The smallest absolute Gasteiger partial charge is 0.130 e. The maximum absolute atomic E-state index is 6.23. The molecule has 3 nitrogen and oxygen atoms in total. The lowest BCUT2D eigenvalue weighted by atomic mass is 10.2. The molecular weight excluding hydrogens is 246 g/mol. The van der Waals surface area contributed by atoms with Crippen LogP contribution in [0.5, 0.6) is 0 Å². The van der Waals surface area contributed by atoms with E-state index in [4.69, 9.17) is 17.3 Å². The van der Waals surface area contributed by atoms with E-state index in [0.717, 1.165) is 22.6 Å². The van der Waals surface area contributed by atoms with E-state index in [2.05, 4.69) is 10.3 Å². The van der Waals surface area contributed by atoms with Crippen LogP contribution < -0.4 is 11.1 Å². The first-order valence-electron chi connectivity index (χ1n) is 5.38. The van der Waals surface area contributed by atoms with Gasteiger partial charge in [0.15, 0.2) is 0 Å². The number of nitrogens with zero attached hydrogens (tertiary/aromatic N) is 1. The summed E-state index contributed by atoms with van der Waals surface area (Å²) in [5.41, 5.74) is 8.50. The SMILES string of the molecule is C.Cc1ccnc(Nc2cccc(CN)c2Cl)c1. The molecule has 2 aromatic rings. The first kappa shape index (κ1) is 14.5. The molecular formula is C14H18ClN3. The van der Waals surface area contributed by atoms with E-state index < -0.39 is 0 Å². The van der Waals surface area contributed by atoms with Crippen LogP contribution in [0.4, 0.5) is 11.5 Å². The molecule has 0 aliphatic carbocycles. The van der Waals surface area contributed by atoms with Crippen molar-refractivity contribution >= 4 is 23.1 Å². The maximum atomic E-state index is 6.23. The van der Waals surface area contributed by atoms with Crippen molar-refractivity contribution in [2.24, 2.45) is 5.73 Å². The van der Waals surface area contributed by atoms with Crippen LogP contribution in [-0.2, 0) is 6.54 Å². The first-order chi connectivity index (χ1) is 8.20. The standard InChI is InChI=1S/C13H14ClN3.CH4/c1-9-5-6-16-12(7-9)17-11-4-2-3-10(8-15)13(11)14;/h2-7H,8,15H2,1H3,(H,16,17);1H4. The summed E-state index contributed by atoms with van der Waals surface area (Å²) in [4.78, 5) is 4.23. The van der Waals surface area contributed by atoms with Crippen molar-refractivity contribution in [3.8, 4) is 0 Å². The Kier molecular flexibility index (Phi) is 5.13. The van der Waals surface area contributed by atoms with E-state index in [1.807, 2.05) is 37.3 Å². The molecule has 0 saturated carbocycles. The summed E-state index contributed by atoms with van der Waals surface area (Å²) in [6.07, 6.45) is 1.76. The fourth-order valence-electron chi connectivity index (χ4n) is 1.58. The number of benzene rings is 1. The number of rotatable bonds is 3. The second-order valence-corrected chi connectivity index (χ2v) is 4.20. The Balaban J connectivity index is 0.00000162. The number of hydrogen-bond acceptors (Lipinski definition) is 3. The molecule has 4 heteroatoms. The first-order valence-corrected chi connectivity index (χ1v) is 5.75. The van der Waals surface area contributed by atoms with E-state index >= 15 is 0 Å². The van der Waals surface area contributed by atoms with Crippen LogP contribution in [0.1, 0.15) is 18.6 Å². The molecule has 0 unspecified atom stereocenters. The van der Waals surface area contributed by atoms with E-state index in [-0.39, 0.29) is 7.43 Å². The summed E-state index contributed by atoms with van der Waals surface area (Å²) in [5.74, 6) is 0.779. The van der Waals surface area contributed by atoms with Crippen molar-refractivity contribution < 1.29 is 0 Å². The molecule has 0 aliphatic heterocycles. The zero-order valence-electron chi connectivity index (χ0n) is 9.57. The topological polar surface area (TPSA) is 50.9 Å². The van der Waals surface area contributed by atoms with Gasteiger partial charge in [-0.15, -0.1) is 0 Å². The number of halogens is 1. The average Bonchev–Trinajstić information content (AvgIpc) is 2.32. The van der Waals surface area contributed by atoms with E-state index in [1.54, 1.807) is 6.20 Å². The molecule has 0 fully saturated rings. The minimum atomic E-state index is 0. The molecule has 1 aromatic carbocycles. The normalized spacial score (nSPS) is 9.72. The fraction of sp³-hybridized carbons (Fsp3) is 0.214. The van der Waals surface area contributed by atoms with Gasteiger partial charge in [0.1, 0.15) is 5.82 Å². The predicted molar refractivity (Wildman–Crippen MR) is 78.3 cm³/mol. The van der Waals surface area contributed by atoms with Crippen LogP contribution in [0.2, 0.25) is 5.02 Å². The Morgan fingerprint density at radius 3 is 2.78 bits per heavy atom. The number of pyridine rings is 1. The van der Waals surface area contributed by atoms with Gasteiger partial charge in [0.05, 0.1) is 10.7 Å². The van der Waals surface area contributed by atoms with Crippen molar-refractivity contribution in [3.05, 3.63) is 52.7 Å². The van der Waals surface area contributed by atoms with Crippen molar-refractivity contribution in [1.82, 2.24) is 4.98 Å². The zero-order valence-corrected chi connectivity index (χ0v) is 10.3. The molecule has 1 aromatic heterocycles. The number of anilines is 2. The molecule has 0 radical (unpaired) electrons. The largest absolute Gasteiger partial charge is 0.339 e. The number of aryl methyl sites for hydroxylation is 1. The molecule has 3 N–H and O–H groups in total. The highest BCUT2D eigenvalue weighted by Crippen LogP contribution is 2.27. The van der Waals surface area contributed by atoms with Crippen molar-refractivity contribution in [3.63, 3.8) is 0 Å². The van der Waals surface area contributed by atoms with Gasteiger partial charge in [-0.05, 0) is 36.2 Å². The number of aromatic nitrogens is 1. The highest BCUT2D eigenvalue weighted by Gasteiger charge is 2.05. The lowest BCUT2D eigenvalue weighted by Crippen LogP contribution is -2.00. The monoisotopic (exact) mass is 263 g/mol. The van der Waals surface area contributed by atoms with Gasteiger partial charge in [0, 0.05) is 12.7 Å². The Hall–Kier alpha value is -1.58. The molecule has 2 rings (SSSR count). The average molecular weight is 264 g/mol. The van der Waals surface area contributed by atoms with Gasteiger partial charge in [-0.25, -0.2) is 4.98 Å². The van der Waals surface area contributed by atoms with E-state index in [0.29, 0.717) is 11.6 Å². The van der Waals surface area contributed by atoms with Gasteiger partial charge in [0.2, 0.25) is 0 Å². The van der Waals surface area contributed by atoms with Crippen LogP contribution in [-0.4, -0.2) is 4.98 Å². The lowest BCUT2D eigenvalue weighted by molar-refractivity contribution is 1.07. The Bertz CT molecular complexity index is 526. The van der Waals surface area contributed by atoms with Gasteiger partial charge in [0.25, 0.3) is 0 Å². The lowest BCUT2D eigenvalue weighted by Gasteiger charge is -2.10. The third-order valence-corrected chi connectivity index (χ3v) is 2.92. The highest BCUT2D eigenvalue weighted by atomic mass is 35.5. The van der Waals surface area contributed by atoms with Crippen LogP contribution in [0, 0.1) is 6.92 Å². The van der Waals surface area contributed by atoms with Crippen LogP contribution in [0.3, 0.4) is 0 Å². The van der Waals surface area contributed by atoms with E-state index in [9.17, 15) is 0 Å². The number of hydrogen-bond donors (Lipinski definition) is 2. The minimum absolute atomic E-state index is 0. The predicted octanol–water partition coefficient (Wildman–Crippen LogP) is 3.88. The second kappa shape index (κ2) is 6.38. The molecule has 0 amide bonds. The summed E-state index contributed by atoms with van der Waals surface area (Å²) in [5, 5.41) is 3.84. The summed E-state index contributed by atoms with van der Waals surface area (Å²) >= 11 is 6.23. The molecule has 18 heavy (non-hydrogen) atoms. The van der Waals surface area contributed by atoms with Gasteiger partial charge in [-0.3, -0.25) is 0 Å². The van der Waals surface area contributed by atoms with Gasteiger partial charge < -0.3 is 11.1 Å². The minimum Gasteiger partial charge on any atom is -0.339 e. The molecule has 0 aliphatic rings. The molecule has 96 valence electrons. The van der Waals surface area contributed by atoms with Crippen molar-refractivity contribution in [2.75, 3.05) is 5.32 Å². The molecule has 0 saturated heterocycles. The zero-order chi connectivity index (χ0) is 12.3. The Morgan fingerprint density at radius 1 is 1.33 bits per heavy atom. The van der Waals surface area contributed by atoms with Crippen molar-refractivity contribution in [2.45, 2.75) is 20.9 Å². The van der Waals surface area contributed by atoms with Crippen LogP contribution in [0.15, 0.2) is 36.5 Å². The van der Waals surface area contributed by atoms with Crippen LogP contribution >= 0.6 is 11.6 Å². The summed E-state index contributed by atoms with van der Waals surface area (Å²) in [6.45, 7) is 2.44. The quantitative estimate of drug-likeness (QED) is 0.884. The Morgan fingerprint density at radius 2 is 2.11 bits per heavy atom. The van der Waals surface area contributed by atoms with Gasteiger partial charge >= 0.3 is 0 Å². The van der Waals surface area contributed by atoms with E-state index in [1.165, 1.54) is 0 Å². The van der Waals surface area contributed by atoms with Gasteiger partial charge in [-0.1, -0.05) is 31.2 Å². The maximum Gasteiger partial charge on any atom is 0.130 e. The molecule has 0 atom stereocenters. The molecule has 0 spiro atoms. The van der Waals surface area contributed by atoms with Crippen LogP contribution in [0.25, 0.3) is 0 Å². The summed E-state index contributed by atoms with van der Waals surface area (Å²) < 4.78 is 0. The third kappa shape index (κ3) is 3.22. The van der Waals surface area contributed by atoms with Gasteiger partial charge in [-0.2, -0.15) is 0 Å². The number of nitrogens with two attached hydrogens (primary N) is 1. The Labute approximate surface area is 113 Å².